The number of benzene rings is 3. The molecule has 0 saturated carbocycles. The van der Waals surface area contributed by atoms with Crippen LogP contribution in [-0.2, 0) is 27.4 Å². The van der Waals surface area contributed by atoms with Crippen LogP contribution in [0.15, 0.2) is 72.1 Å². The van der Waals surface area contributed by atoms with Crippen molar-refractivity contribution in [2.45, 2.75) is 64.4 Å². The molecule has 1 aromatic heterocycles. The number of piperidine rings is 1. The van der Waals surface area contributed by atoms with Crippen molar-refractivity contribution in [3.8, 4) is 17.2 Å². The van der Waals surface area contributed by atoms with Crippen molar-refractivity contribution < 1.29 is 33.2 Å². The maximum absolute atomic E-state index is 13.1. The van der Waals surface area contributed by atoms with E-state index in [1.54, 1.807) is 30.5 Å². The van der Waals surface area contributed by atoms with Gasteiger partial charge >= 0.3 is 6.09 Å². The summed E-state index contributed by atoms with van der Waals surface area (Å²) in [5.74, 6) is 2.41. The van der Waals surface area contributed by atoms with Gasteiger partial charge in [-0.1, -0.05) is 42.5 Å². The largest absolute Gasteiger partial charge is 0.496 e. The number of nitrogens with zero attached hydrogens (tertiary/aromatic N) is 1. The van der Waals surface area contributed by atoms with Gasteiger partial charge < -0.3 is 33.3 Å². The summed E-state index contributed by atoms with van der Waals surface area (Å²) in [5, 5.41) is 4.00. The average molecular weight is 648 g/mol. The summed E-state index contributed by atoms with van der Waals surface area (Å²) in [5.41, 5.74) is 1.45. The van der Waals surface area contributed by atoms with Gasteiger partial charge in [-0.25, -0.2) is 4.79 Å². The number of hydrogen-bond acceptors (Lipinski definition) is 8. The van der Waals surface area contributed by atoms with Gasteiger partial charge in [0.2, 0.25) is 0 Å². The van der Waals surface area contributed by atoms with Crippen LogP contribution in [0.1, 0.15) is 55.5 Å². The summed E-state index contributed by atoms with van der Waals surface area (Å²) < 4.78 is 35.7. The van der Waals surface area contributed by atoms with Crippen LogP contribution in [0.3, 0.4) is 0 Å². The Hall–Kier alpha value is -3.79. The predicted molar refractivity (Wildman–Crippen MR) is 181 cm³/mol. The molecule has 0 N–H and O–H groups in total. The molecule has 246 valence electrons. The van der Waals surface area contributed by atoms with Gasteiger partial charge in [0.15, 0.2) is 0 Å². The fourth-order valence-corrected chi connectivity index (χ4v) is 6.41. The second kappa shape index (κ2) is 15.7. The minimum Gasteiger partial charge on any atom is -0.496 e. The van der Waals surface area contributed by atoms with Crippen LogP contribution in [-0.4, -0.2) is 63.2 Å². The summed E-state index contributed by atoms with van der Waals surface area (Å²) in [6, 6.07) is 22.3. The molecule has 1 aliphatic heterocycles. The number of hydrogen-bond donors (Lipinski definition) is 0. The first-order valence-corrected chi connectivity index (χ1v) is 16.7. The van der Waals surface area contributed by atoms with E-state index in [0.717, 1.165) is 52.0 Å². The van der Waals surface area contributed by atoms with E-state index in [0.29, 0.717) is 39.5 Å². The van der Waals surface area contributed by atoms with Gasteiger partial charge in [-0.3, -0.25) is 0 Å². The molecule has 1 saturated heterocycles. The number of fused-ring (bicyclic) bond motifs is 1. The molecule has 8 nitrogen and oxygen atoms in total. The molecule has 2 atom stereocenters. The van der Waals surface area contributed by atoms with E-state index in [-0.39, 0.29) is 18.1 Å². The topological polar surface area (TPSA) is 75.7 Å². The van der Waals surface area contributed by atoms with Gasteiger partial charge in [0.1, 0.15) is 22.8 Å². The molecule has 1 fully saturated rings. The number of thiophene rings is 1. The second-order valence-corrected chi connectivity index (χ2v) is 13.4. The molecule has 0 spiro atoms. The molecule has 46 heavy (non-hydrogen) atoms. The van der Waals surface area contributed by atoms with Crippen molar-refractivity contribution in [3.05, 3.63) is 88.1 Å². The van der Waals surface area contributed by atoms with Crippen LogP contribution >= 0.6 is 11.3 Å². The van der Waals surface area contributed by atoms with Crippen LogP contribution in [0.5, 0.6) is 17.2 Å². The van der Waals surface area contributed by atoms with Crippen molar-refractivity contribution in [1.82, 2.24) is 4.90 Å². The van der Waals surface area contributed by atoms with E-state index in [4.69, 9.17) is 28.4 Å². The molecule has 0 radical (unpaired) electrons. The maximum Gasteiger partial charge on any atom is 0.410 e. The van der Waals surface area contributed by atoms with Crippen LogP contribution in [0, 0.1) is 0 Å². The predicted octanol–water partition coefficient (Wildman–Crippen LogP) is 8.21. The third-order valence-electron chi connectivity index (χ3n) is 7.96. The lowest BCUT2D eigenvalue weighted by molar-refractivity contribution is -0.0363. The van der Waals surface area contributed by atoms with E-state index in [1.807, 2.05) is 69.3 Å². The van der Waals surface area contributed by atoms with E-state index < -0.39 is 5.60 Å². The van der Waals surface area contributed by atoms with E-state index in [9.17, 15) is 4.79 Å². The fraction of sp³-hybridized carbons (Fsp3) is 0.432. The average Bonchev–Trinajstić information content (AvgIpc) is 3.58. The van der Waals surface area contributed by atoms with Crippen LogP contribution in [0.2, 0.25) is 0 Å². The third kappa shape index (κ3) is 8.72. The Bertz CT molecular complexity index is 1550. The molecule has 5 rings (SSSR count). The highest BCUT2D eigenvalue weighted by atomic mass is 32.1. The Morgan fingerprint density at radius 1 is 0.935 bits per heavy atom. The van der Waals surface area contributed by atoms with E-state index in [1.165, 1.54) is 4.88 Å². The molecule has 1 amide bonds. The Labute approximate surface area is 276 Å². The van der Waals surface area contributed by atoms with Crippen LogP contribution in [0.25, 0.3) is 10.8 Å². The molecular formula is C37H45NO7S. The lowest BCUT2D eigenvalue weighted by Gasteiger charge is -2.39. The smallest absolute Gasteiger partial charge is 0.410 e. The molecule has 0 aliphatic carbocycles. The van der Waals surface area contributed by atoms with Crippen molar-refractivity contribution in [1.29, 1.82) is 0 Å². The molecule has 2 unspecified atom stereocenters. The number of amides is 1. The molecule has 4 aromatic rings. The minimum atomic E-state index is -0.578. The molecule has 2 heterocycles. The van der Waals surface area contributed by atoms with Crippen molar-refractivity contribution in [3.63, 3.8) is 0 Å². The van der Waals surface area contributed by atoms with Gasteiger partial charge in [-0.05, 0) is 62.4 Å². The first-order chi connectivity index (χ1) is 22.3. The third-order valence-corrected chi connectivity index (χ3v) is 8.81. The zero-order valence-electron chi connectivity index (χ0n) is 27.5. The number of ether oxygens (including phenoxy) is 6. The minimum absolute atomic E-state index is 0.0757. The van der Waals surface area contributed by atoms with Crippen LogP contribution < -0.4 is 14.2 Å². The van der Waals surface area contributed by atoms with Gasteiger partial charge in [-0.2, -0.15) is 0 Å². The SMILES string of the molecule is COc1cc(COC2CN(C(=O)OC(C)(C)C)CCC2c2ccc(OCCCOCc3cccs3)cc2)c(OC)c2ccccc12. The lowest BCUT2D eigenvalue weighted by atomic mass is 9.87. The number of likely N-dealkylation sites (tertiary alicyclic amines) is 1. The lowest BCUT2D eigenvalue weighted by Crippen LogP contribution is -2.48. The van der Waals surface area contributed by atoms with E-state index in [2.05, 4.69) is 23.6 Å². The highest BCUT2D eigenvalue weighted by Gasteiger charge is 2.35. The van der Waals surface area contributed by atoms with Gasteiger partial charge in [0.25, 0.3) is 0 Å². The Morgan fingerprint density at radius 2 is 1.72 bits per heavy atom. The first-order valence-electron chi connectivity index (χ1n) is 15.8. The number of carbonyl (C=O) groups is 1. The molecule has 9 heteroatoms. The van der Waals surface area contributed by atoms with Gasteiger partial charge in [0, 0.05) is 40.1 Å². The molecule has 3 aromatic carbocycles. The van der Waals surface area contributed by atoms with E-state index >= 15 is 0 Å². The van der Waals surface area contributed by atoms with Crippen LogP contribution in [0.4, 0.5) is 4.79 Å². The molecular weight excluding hydrogens is 602 g/mol. The Kier molecular flexibility index (Phi) is 11.4. The summed E-state index contributed by atoms with van der Waals surface area (Å²) in [4.78, 5) is 16.0. The highest BCUT2D eigenvalue weighted by Crippen LogP contribution is 2.38. The quantitative estimate of drug-likeness (QED) is 0.135. The van der Waals surface area contributed by atoms with Gasteiger partial charge in [-0.15, -0.1) is 11.3 Å². The zero-order chi connectivity index (χ0) is 32.5. The second-order valence-electron chi connectivity index (χ2n) is 12.4. The van der Waals surface area contributed by atoms with Crippen molar-refractivity contribution in [2.24, 2.45) is 0 Å². The van der Waals surface area contributed by atoms with Gasteiger partial charge in [0.05, 0.1) is 53.3 Å². The maximum atomic E-state index is 13.1. The summed E-state index contributed by atoms with van der Waals surface area (Å²) in [7, 11) is 3.34. The zero-order valence-corrected chi connectivity index (χ0v) is 28.3. The summed E-state index contributed by atoms with van der Waals surface area (Å²) in [6.45, 7) is 8.81. The normalized spacial score (nSPS) is 16.8. The Morgan fingerprint density at radius 3 is 2.41 bits per heavy atom. The first kappa shape index (κ1) is 33.6. The molecule has 1 aliphatic rings. The number of methoxy groups -OCH3 is 2. The van der Waals surface area contributed by atoms with Crippen molar-refractivity contribution >= 4 is 28.2 Å². The standard InChI is InChI=1S/C37H45NO7S/c1-37(2,3)45-36(39)38-18-17-30(26-13-15-28(16-14-26)43-20-9-19-42-25-29-10-8-21-46-29)34(23-38)44-24-27-22-33(40-4)31-11-6-7-12-32(31)35(27)41-5/h6-8,10-16,21-22,30,34H,9,17-20,23-25H2,1-5H3. The number of carbonyl (C=O) groups excluding carboxylic acids is 1. The highest BCUT2D eigenvalue weighted by molar-refractivity contribution is 7.09. The number of rotatable bonds is 13. The summed E-state index contributed by atoms with van der Waals surface area (Å²) >= 11 is 1.70. The van der Waals surface area contributed by atoms with Crippen molar-refractivity contribution in [2.75, 3.05) is 40.5 Å². The molecule has 0 bridgehead atoms. The Balaban J connectivity index is 1.27. The fourth-order valence-electron chi connectivity index (χ4n) is 5.77. The monoisotopic (exact) mass is 647 g/mol. The summed E-state index contributed by atoms with van der Waals surface area (Å²) in [6.07, 6.45) is 0.960.